The van der Waals surface area contributed by atoms with Gasteiger partial charge in [0.2, 0.25) is 0 Å². The van der Waals surface area contributed by atoms with Crippen molar-refractivity contribution >= 4 is 11.3 Å². The molecule has 1 saturated heterocycles. The molecule has 0 bridgehead atoms. The van der Waals surface area contributed by atoms with Gasteiger partial charge >= 0.3 is 0 Å². The quantitative estimate of drug-likeness (QED) is 0.895. The van der Waals surface area contributed by atoms with E-state index < -0.39 is 0 Å². The summed E-state index contributed by atoms with van der Waals surface area (Å²) < 4.78 is 2.05. The molecule has 1 aliphatic heterocycles. The number of nitrogen functional groups attached to an aromatic ring is 1. The Kier molecular flexibility index (Phi) is 3.14. The zero-order valence-corrected chi connectivity index (χ0v) is 11.6. The van der Waals surface area contributed by atoms with Crippen molar-refractivity contribution in [3.63, 3.8) is 0 Å². The van der Waals surface area contributed by atoms with E-state index in [0.717, 1.165) is 43.1 Å². The number of hydrogen-bond donors (Lipinski definition) is 1. The highest BCUT2D eigenvalue weighted by Crippen LogP contribution is 2.28. The molecule has 0 saturated carbocycles. The van der Waals surface area contributed by atoms with Crippen LogP contribution in [0.25, 0.3) is 5.65 Å². The second-order valence-electron chi connectivity index (χ2n) is 5.65. The van der Waals surface area contributed by atoms with E-state index in [1.165, 1.54) is 0 Å². The Morgan fingerprint density at radius 2 is 1.95 bits per heavy atom. The lowest BCUT2D eigenvalue weighted by Crippen LogP contribution is -2.38. The Labute approximate surface area is 113 Å². The highest BCUT2D eigenvalue weighted by molar-refractivity contribution is 5.47. The van der Waals surface area contributed by atoms with Crippen molar-refractivity contribution in [3.05, 3.63) is 24.2 Å². The van der Waals surface area contributed by atoms with Gasteiger partial charge in [0.25, 0.3) is 0 Å². The monoisotopic (exact) mass is 259 g/mol. The molecule has 0 unspecified atom stereocenters. The van der Waals surface area contributed by atoms with Gasteiger partial charge in [0, 0.05) is 23.8 Å². The first-order valence-electron chi connectivity index (χ1n) is 6.99. The van der Waals surface area contributed by atoms with E-state index in [0.29, 0.717) is 12.0 Å². The zero-order valence-electron chi connectivity index (χ0n) is 11.6. The molecule has 0 spiro atoms. The number of piperidine rings is 1. The summed E-state index contributed by atoms with van der Waals surface area (Å²) in [5.41, 5.74) is 7.50. The SMILES string of the molecule is CC(C)N1CCC(c2nnc3ccc(N)cn23)CC1. The van der Waals surface area contributed by atoms with Gasteiger partial charge in [-0.1, -0.05) is 0 Å². The lowest BCUT2D eigenvalue weighted by atomic mass is 9.95. The van der Waals surface area contributed by atoms with E-state index in [9.17, 15) is 0 Å². The number of pyridine rings is 1. The van der Waals surface area contributed by atoms with E-state index >= 15 is 0 Å². The summed E-state index contributed by atoms with van der Waals surface area (Å²) in [5.74, 6) is 1.55. The number of fused-ring (bicyclic) bond motifs is 1. The Hall–Kier alpha value is -1.62. The third-order valence-corrected chi connectivity index (χ3v) is 4.08. The van der Waals surface area contributed by atoms with Crippen molar-refractivity contribution in [1.29, 1.82) is 0 Å². The van der Waals surface area contributed by atoms with Crippen LogP contribution in [0.1, 0.15) is 38.4 Å². The second kappa shape index (κ2) is 4.81. The maximum absolute atomic E-state index is 5.86. The summed E-state index contributed by atoms with van der Waals surface area (Å²) in [6, 6.07) is 4.43. The van der Waals surface area contributed by atoms with Crippen LogP contribution in [-0.2, 0) is 0 Å². The lowest BCUT2D eigenvalue weighted by Gasteiger charge is -2.33. The van der Waals surface area contributed by atoms with E-state index in [1.807, 2.05) is 22.7 Å². The van der Waals surface area contributed by atoms with Crippen molar-refractivity contribution in [2.45, 2.75) is 38.6 Å². The van der Waals surface area contributed by atoms with Crippen LogP contribution in [-0.4, -0.2) is 38.6 Å². The first kappa shape index (κ1) is 12.4. The summed E-state index contributed by atoms with van der Waals surface area (Å²) >= 11 is 0. The largest absolute Gasteiger partial charge is 0.398 e. The van der Waals surface area contributed by atoms with Crippen LogP contribution in [0.4, 0.5) is 5.69 Å². The maximum atomic E-state index is 5.86. The Balaban J connectivity index is 1.84. The smallest absolute Gasteiger partial charge is 0.160 e. The Bertz CT molecular complexity index is 566. The molecule has 5 nitrogen and oxygen atoms in total. The average Bonchev–Trinajstić information content (AvgIpc) is 2.81. The van der Waals surface area contributed by atoms with Crippen molar-refractivity contribution in [3.8, 4) is 0 Å². The predicted octanol–water partition coefficient (Wildman–Crippen LogP) is 1.90. The first-order chi connectivity index (χ1) is 9.15. The summed E-state index contributed by atoms with van der Waals surface area (Å²) in [4.78, 5) is 2.52. The molecule has 102 valence electrons. The van der Waals surface area contributed by atoms with Gasteiger partial charge in [-0.2, -0.15) is 0 Å². The fourth-order valence-electron chi connectivity index (χ4n) is 2.88. The number of likely N-dealkylation sites (tertiary alicyclic amines) is 1. The molecule has 3 heterocycles. The van der Waals surface area contributed by atoms with Crippen molar-refractivity contribution in [2.24, 2.45) is 0 Å². The summed E-state index contributed by atoms with van der Waals surface area (Å²) in [7, 11) is 0. The number of rotatable bonds is 2. The molecule has 0 radical (unpaired) electrons. The molecule has 5 heteroatoms. The number of anilines is 1. The first-order valence-corrected chi connectivity index (χ1v) is 6.99. The summed E-state index contributed by atoms with van der Waals surface area (Å²) in [5, 5.41) is 8.60. The van der Waals surface area contributed by atoms with Crippen LogP contribution in [0.2, 0.25) is 0 Å². The molecule has 19 heavy (non-hydrogen) atoms. The minimum Gasteiger partial charge on any atom is -0.398 e. The Morgan fingerprint density at radius 3 is 2.63 bits per heavy atom. The lowest BCUT2D eigenvalue weighted by molar-refractivity contribution is 0.169. The van der Waals surface area contributed by atoms with Crippen molar-refractivity contribution < 1.29 is 0 Å². The normalized spacial score (nSPS) is 18.5. The van der Waals surface area contributed by atoms with Crippen molar-refractivity contribution in [1.82, 2.24) is 19.5 Å². The van der Waals surface area contributed by atoms with Gasteiger partial charge in [0.1, 0.15) is 5.82 Å². The van der Waals surface area contributed by atoms with Crippen LogP contribution in [0, 0.1) is 0 Å². The number of nitrogens with two attached hydrogens (primary N) is 1. The minimum atomic E-state index is 0.492. The fourth-order valence-corrected chi connectivity index (χ4v) is 2.88. The molecule has 1 fully saturated rings. The molecule has 2 N–H and O–H groups in total. The molecule has 3 rings (SSSR count). The third kappa shape index (κ3) is 2.30. The van der Waals surface area contributed by atoms with Gasteiger partial charge in [-0.05, 0) is 51.9 Å². The minimum absolute atomic E-state index is 0.492. The highest BCUT2D eigenvalue weighted by Gasteiger charge is 2.25. The standard InChI is InChI=1S/C14H21N5/c1-10(2)18-7-5-11(6-8-18)14-17-16-13-4-3-12(15)9-19(13)14/h3-4,9-11H,5-8,15H2,1-2H3. The number of hydrogen-bond acceptors (Lipinski definition) is 4. The zero-order chi connectivity index (χ0) is 13.4. The van der Waals surface area contributed by atoms with E-state index in [1.54, 1.807) is 0 Å². The highest BCUT2D eigenvalue weighted by atomic mass is 15.3. The summed E-state index contributed by atoms with van der Waals surface area (Å²) in [6.07, 6.45) is 4.22. The van der Waals surface area contributed by atoms with Crippen molar-refractivity contribution in [2.75, 3.05) is 18.8 Å². The molecule has 2 aromatic heterocycles. The molecule has 0 aliphatic carbocycles. The fraction of sp³-hybridized carbons (Fsp3) is 0.571. The number of aromatic nitrogens is 3. The van der Waals surface area contributed by atoms with Crippen LogP contribution in [0.15, 0.2) is 18.3 Å². The molecule has 0 aromatic carbocycles. The predicted molar refractivity (Wildman–Crippen MR) is 76.1 cm³/mol. The summed E-state index contributed by atoms with van der Waals surface area (Å²) in [6.45, 7) is 6.79. The topological polar surface area (TPSA) is 59.5 Å². The van der Waals surface area contributed by atoms with E-state index in [-0.39, 0.29) is 0 Å². The van der Waals surface area contributed by atoms with Crippen LogP contribution in [0.5, 0.6) is 0 Å². The van der Waals surface area contributed by atoms with Gasteiger partial charge in [-0.25, -0.2) is 0 Å². The van der Waals surface area contributed by atoms with Gasteiger partial charge in [0.05, 0.1) is 0 Å². The molecule has 0 atom stereocenters. The van der Waals surface area contributed by atoms with E-state index in [2.05, 4.69) is 28.9 Å². The van der Waals surface area contributed by atoms with Crippen LogP contribution < -0.4 is 5.73 Å². The molecule has 0 amide bonds. The maximum Gasteiger partial charge on any atom is 0.160 e. The third-order valence-electron chi connectivity index (χ3n) is 4.08. The van der Waals surface area contributed by atoms with Gasteiger partial charge in [0.15, 0.2) is 5.65 Å². The molecular formula is C14H21N5. The van der Waals surface area contributed by atoms with Gasteiger partial charge in [-0.15, -0.1) is 10.2 Å². The molecule has 1 aliphatic rings. The van der Waals surface area contributed by atoms with Crippen LogP contribution in [0.3, 0.4) is 0 Å². The van der Waals surface area contributed by atoms with Crippen LogP contribution >= 0.6 is 0 Å². The average molecular weight is 259 g/mol. The van der Waals surface area contributed by atoms with Gasteiger partial charge in [-0.3, -0.25) is 4.40 Å². The molecule has 2 aromatic rings. The van der Waals surface area contributed by atoms with E-state index in [4.69, 9.17) is 5.73 Å². The number of nitrogens with zero attached hydrogens (tertiary/aromatic N) is 4. The van der Waals surface area contributed by atoms with Gasteiger partial charge < -0.3 is 10.6 Å². The molecular weight excluding hydrogens is 238 g/mol. The second-order valence-corrected chi connectivity index (χ2v) is 5.65. The Morgan fingerprint density at radius 1 is 1.21 bits per heavy atom.